The van der Waals surface area contributed by atoms with Crippen molar-refractivity contribution in [1.29, 1.82) is 0 Å². The molecule has 0 fully saturated rings. The molecule has 0 atom stereocenters. The smallest absolute Gasteiger partial charge is 0.218 e. The van der Waals surface area contributed by atoms with E-state index < -0.39 is 0 Å². The van der Waals surface area contributed by atoms with E-state index in [1.54, 1.807) is 0 Å². The Labute approximate surface area is 206 Å². The molecule has 6 bridgehead atoms. The van der Waals surface area contributed by atoms with Crippen LogP contribution in [0.4, 0.5) is 11.4 Å². The van der Waals surface area contributed by atoms with E-state index in [2.05, 4.69) is 117 Å². The molecule has 0 saturated heterocycles. The van der Waals surface area contributed by atoms with Gasteiger partial charge in [-0.3, -0.25) is 0 Å². The molecule has 0 aliphatic carbocycles. The Morgan fingerprint density at radius 1 is 0.514 bits per heavy atom. The van der Waals surface area contributed by atoms with Gasteiger partial charge in [0.05, 0.1) is 12.1 Å². The summed E-state index contributed by atoms with van der Waals surface area (Å²) in [4.78, 5) is 0. The van der Waals surface area contributed by atoms with E-state index in [9.17, 15) is 0 Å². The van der Waals surface area contributed by atoms with E-state index in [0.29, 0.717) is 0 Å². The van der Waals surface area contributed by atoms with Crippen molar-refractivity contribution in [1.82, 2.24) is 0 Å². The number of hydrogen-bond acceptors (Lipinski definition) is 0. The quantitative estimate of drug-likeness (QED) is 0.331. The Morgan fingerprint density at radius 3 is 1.57 bits per heavy atom. The first kappa shape index (κ1) is 21.9. The van der Waals surface area contributed by atoms with Gasteiger partial charge in [0, 0.05) is 36.1 Å². The maximum atomic E-state index is 2.43. The summed E-state index contributed by atoms with van der Waals surface area (Å²) in [5, 5.41) is 7.46. The zero-order valence-corrected chi connectivity index (χ0v) is 20.2. The summed E-state index contributed by atoms with van der Waals surface area (Å²) in [5.74, 6) is 0. The standard InChI is InChI=1S/C31H30N4/c1-6-17-34-19-15-28(26-11-2-4-13-30(26)34)32-22-24-9-8-10-25(21-24)23-33-29-16-20-35(18-7-1)31-14-5-3-12-27(29)31/h2-5,8-16,19-21H,1,6-7,17-18,22-23H2/p+4. The molecule has 0 saturated carbocycles. The fourth-order valence-corrected chi connectivity index (χ4v) is 5.44. The minimum absolute atomic E-state index is 0.941. The van der Waals surface area contributed by atoms with Crippen molar-refractivity contribution in [2.75, 3.05) is 0 Å². The molecular weight excluding hydrogens is 428 g/mol. The monoisotopic (exact) mass is 462 g/mol. The minimum Gasteiger partial charge on any atom is -0.309 e. The summed E-state index contributed by atoms with van der Waals surface area (Å²) in [6, 6.07) is 31.3. The lowest BCUT2D eigenvalue weighted by Gasteiger charge is -2.09. The lowest BCUT2D eigenvalue weighted by molar-refractivity contribution is -0.676. The van der Waals surface area contributed by atoms with E-state index in [0.717, 1.165) is 26.2 Å². The fraction of sp³-hybridized carbons (Fsp3) is 0.226. The second kappa shape index (κ2) is 9.95. The van der Waals surface area contributed by atoms with E-state index in [1.807, 2.05) is 0 Å². The molecule has 2 aromatic heterocycles. The van der Waals surface area contributed by atoms with Gasteiger partial charge in [-0.15, -0.1) is 0 Å². The molecule has 5 aromatic rings. The van der Waals surface area contributed by atoms with Gasteiger partial charge in [0.15, 0.2) is 12.4 Å². The van der Waals surface area contributed by atoms with Gasteiger partial charge < -0.3 is 10.6 Å². The van der Waals surface area contributed by atoms with Gasteiger partial charge >= 0.3 is 0 Å². The minimum atomic E-state index is 0.941. The molecule has 2 aliphatic rings. The van der Waals surface area contributed by atoms with Crippen molar-refractivity contribution in [3.63, 3.8) is 0 Å². The number of fused-ring (bicyclic) bond motifs is 8. The van der Waals surface area contributed by atoms with Crippen LogP contribution in [0.2, 0.25) is 0 Å². The van der Waals surface area contributed by atoms with E-state index in [4.69, 9.17) is 0 Å². The molecule has 0 unspecified atom stereocenters. The van der Waals surface area contributed by atoms with Crippen molar-refractivity contribution in [3.05, 3.63) is 108 Å². The molecule has 35 heavy (non-hydrogen) atoms. The molecule has 0 radical (unpaired) electrons. The highest BCUT2D eigenvalue weighted by Gasteiger charge is 2.17. The molecule has 0 spiro atoms. The van der Waals surface area contributed by atoms with E-state index >= 15 is 0 Å². The number of hydrogen-bond donors (Lipinski definition) is 2. The summed E-state index contributed by atoms with van der Waals surface area (Å²) in [5.41, 5.74) is 8.03. The maximum absolute atomic E-state index is 2.43. The molecule has 3 aromatic carbocycles. The average Bonchev–Trinajstić information content (AvgIpc) is 2.91. The summed E-state index contributed by atoms with van der Waals surface area (Å²) < 4.78 is 4.86. The summed E-state index contributed by atoms with van der Waals surface area (Å²) >= 11 is 0. The lowest BCUT2D eigenvalue weighted by Crippen LogP contribution is -2.76. The molecule has 174 valence electrons. The zero-order valence-electron chi connectivity index (χ0n) is 20.2. The number of benzene rings is 3. The highest BCUT2D eigenvalue weighted by atomic mass is 15.0. The van der Waals surface area contributed by atoms with Crippen LogP contribution in [0.15, 0.2) is 97.3 Å². The normalized spacial score (nSPS) is 15.0. The number of para-hydroxylation sites is 2. The number of rotatable bonds is 0. The zero-order chi connectivity index (χ0) is 23.5. The first-order chi connectivity index (χ1) is 17.3. The second-order valence-corrected chi connectivity index (χ2v) is 9.66. The Bertz CT molecular complexity index is 1380. The molecule has 0 amide bonds. The van der Waals surface area contributed by atoms with Crippen LogP contribution in [-0.4, -0.2) is 0 Å². The van der Waals surface area contributed by atoms with Crippen molar-refractivity contribution in [2.24, 2.45) is 0 Å². The van der Waals surface area contributed by atoms with Crippen LogP contribution in [0, 0.1) is 0 Å². The highest BCUT2D eigenvalue weighted by molar-refractivity contribution is 5.85. The highest BCUT2D eigenvalue weighted by Crippen LogP contribution is 2.18. The number of aromatic nitrogens is 2. The van der Waals surface area contributed by atoms with Crippen LogP contribution in [0.3, 0.4) is 0 Å². The number of pyridine rings is 2. The molecule has 4 N–H and O–H groups in total. The van der Waals surface area contributed by atoms with Crippen molar-refractivity contribution < 1.29 is 19.8 Å². The second-order valence-electron chi connectivity index (χ2n) is 9.66. The third-order valence-corrected chi connectivity index (χ3v) is 7.32. The van der Waals surface area contributed by atoms with Crippen LogP contribution in [0.1, 0.15) is 30.4 Å². The molecule has 2 aliphatic heterocycles. The Morgan fingerprint density at radius 2 is 1.03 bits per heavy atom. The van der Waals surface area contributed by atoms with Crippen LogP contribution in [0.25, 0.3) is 21.8 Å². The maximum Gasteiger partial charge on any atom is 0.218 e. The number of nitrogens with zero attached hydrogens (tertiary/aromatic N) is 2. The van der Waals surface area contributed by atoms with Crippen molar-refractivity contribution in [2.45, 2.75) is 45.4 Å². The number of aryl methyl sites for hydroxylation is 2. The average molecular weight is 463 g/mol. The van der Waals surface area contributed by atoms with Crippen molar-refractivity contribution in [3.8, 4) is 0 Å². The summed E-state index contributed by atoms with van der Waals surface area (Å²) in [7, 11) is 0. The predicted octanol–water partition coefficient (Wildman–Crippen LogP) is 3.54. The first-order valence-corrected chi connectivity index (χ1v) is 12.9. The Hall–Kier alpha value is -3.60. The fourth-order valence-electron chi connectivity index (χ4n) is 5.44. The Balaban J connectivity index is 1.36. The van der Waals surface area contributed by atoms with Crippen LogP contribution < -0.4 is 19.8 Å². The van der Waals surface area contributed by atoms with Crippen molar-refractivity contribution >= 4 is 33.2 Å². The molecule has 4 nitrogen and oxygen atoms in total. The number of nitrogens with two attached hydrogens (primary N) is 2. The third kappa shape index (κ3) is 4.68. The van der Waals surface area contributed by atoms with Gasteiger partial charge in [0.25, 0.3) is 0 Å². The Kier molecular flexibility index (Phi) is 6.22. The summed E-state index contributed by atoms with van der Waals surface area (Å²) in [6.45, 7) is 4.00. The van der Waals surface area contributed by atoms with Crippen LogP contribution >= 0.6 is 0 Å². The first-order valence-electron chi connectivity index (χ1n) is 12.9. The third-order valence-electron chi connectivity index (χ3n) is 7.32. The van der Waals surface area contributed by atoms with Gasteiger partial charge in [0.2, 0.25) is 11.0 Å². The largest absolute Gasteiger partial charge is 0.309 e. The molecule has 7 rings (SSSR count). The van der Waals surface area contributed by atoms with Crippen LogP contribution in [-0.2, 0) is 26.2 Å². The number of quaternary nitrogens is 2. The van der Waals surface area contributed by atoms with Gasteiger partial charge in [-0.05, 0) is 24.6 Å². The van der Waals surface area contributed by atoms with E-state index in [1.165, 1.54) is 63.6 Å². The summed E-state index contributed by atoms with van der Waals surface area (Å²) in [6.07, 6.45) is 8.15. The van der Waals surface area contributed by atoms with Gasteiger partial charge in [-0.25, -0.2) is 0 Å². The van der Waals surface area contributed by atoms with Gasteiger partial charge in [-0.1, -0.05) is 42.5 Å². The molecular formula is C31H34N4+4. The lowest BCUT2D eigenvalue weighted by atomic mass is 10.1. The molecule has 4 heteroatoms. The predicted molar refractivity (Wildman–Crippen MR) is 139 cm³/mol. The van der Waals surface area contributed by atoms with E-state index in [-0.39, 0.29) is 0 Å². The van der Waals surface area contributed by atoms with Gasteiger partial charge in [0.1, 0.15) is 48.3 Å². The van der Waals surface area contributed by atoms with Crippen LogP contribution in [0.5, 0.6) is 0 Å². The molecule has 4 heterocycles. The topological polar surface area (TPSA) is 41.0 Å². The van der Waals surface area contributed by atoms with Gasteiger partial charge in [-0.2, -0.15) is 9.13 Å². The SMILES string of the molecule is c1cc2cc(c1)C[NH2+]c1cc[n+](c3ccccc13)CCCCC[n+]1ccc(c3ccccc31)[NH2+]C2.